The number of aryl methyl sites for hydroxylation is 1. The van der Waals surface area contributed by atoms with Gasteiger partial charge in [0.25, 0.3) is 0 Å². The fourth-order valence-corrected chi connectivity index (χ4v) is 5.28. The molecule has 1 fully saturated rings. The maximum Gasteiger partial charge on any atom is 0.127 e. The summed E-state index contributed by atoms with van der Waals surface area (Å²) in [7, 11) is 4.22. The minimum Gasteiger partial charge on any atom is -0.508 e. The number of benzene rings is 1. The topological polar surface area (TPSA) is 44.7 Å². The highest BCUT2D eigenvalue weighted by molar-refractivity contribution is 5.60. The maximum absolute atomic E-state index is 10.5. The number of ether oxygens (including phenoxy) is 1. The molecule has 4 rings (SSSR count). The molecule has 0 amide bonds. The number of nitrogens with zero attached hydrogens (tertiary/aromatic N) is 1. The average Bonchev–Trinajstić information content (AvgIpc) is 3.21. The standard InChI is InChI=1S/C22H34N2O2/c1-22(8-4-10-23-11-12-24(2)3)9-7-17-14-18(25)19-15-5-6-16(13-15)20(19)21(17)26-22/h14-16,23,25H,4-13H2,1-3H3. The van der Waals surface area contributed by atoms with E-state index < -0.39 is 0 Å². The Labute approximate surface area is 157 Å². The molecule has 1 aromatic carbocycles. The Morgan fingerprint density at radius 2 is 2.00 bits per heavy atom. The molecule has 1 aliphatic heterocycles. The van der Waals surface area contributed by atoms with Gasteiger partial charge in [-0.1, -0.05) is 0 Å². The van der Waals surface area contributed by atoms with Crippen LogP contribution >= 0.6 is 0 Å². The van der Waals surface area contributed by atoms with Gasteiger partial charge in [-0.05, 0) is 96.0 Å². The van der Waals surface area contributed by atoms with E-state index in [0.29, 0.717) is 17.6 Å². The van der Waals surface area contributed by atoms with E-state index in [1.807, 2.05) is 6.07 Å². The van der Waals surface area contributed by atoms with Crippen molar-refractivity contribution in [1.82, 2.24) is 10.2 Å². The van der Waals surface area contributed by atoms with Crippen LogP contribution in [0.15, 0.2) is 6.07 Å². The van der Waals surface area contributed by atoms with E-state index in [1.54, 1.807) is 0 Å². The van der Waals surface area contributed by atoms with Gasteiger partial charge in [0.1, 0.15) is 17.1 Å². The van der Waals surface area contributed by atoms with E-state index in [2.05, 4.69) is 31.2 Å². The fourth-order valence-electron chi connectivity index (χ4n) is 5.28. The Hall–Kier alpha value is -1.26. The van der Waals surface area contributed by atoms with Gasteiger partial charge in [0, 0.05) is 24.2 Å². The largest absolute Gasteiger partial charge is 0.508 e. The first-order chi connectivity index (χ1) is 12.5. The van der Waals surface area contributed by atoms with Gasteiger partial charge in [-0.3, -0.25) is 0 Å². The van der Waals surface area contributed by atoms with Gasteiger partial charge in [0.05, 0.1) is 0 Å². The van der Waals surface area contributed by atoms with Crippen molar-refractivity contribution in [2.75, 3.05) is 33.7 Å². The molecule has 0 aromatic heterocycles. The van der Waals surface area contributed by atoms with Gasteiger partial charge in [0.2, 0.25) is 0 Å². The number of hydrogen-bond donors (Lipinski definition) is 2. The van der Waals surface area contributed by atoms with Gasteiger partial charge in [0.15, 0.2) is 0 Å². The van der Waals surface area contributed by atoms with Crippen molar-refractivity contribution in [3.63, 3.8) is 0 Å². The molecule has 26 heavy (non-hydrogen) atoms. The summed E-state index contributed by atoms with van der Waals surface area (Å²) in [6.07, 6.45) is 8.03. The second kappa shape index (κ2) is 7.05. The van der Waals surface area contributed by atoms with Crippen LogP contribution in [-0.4, -0.2) is 49.3 Å². The quantitative estimate of drug-likeness (QED) is 0.728. The SMILES string of the molecule is CN(C)CCNCCCC1(C)CCc2cc(O)c3c(c2O1)C1CCC3C1. The van der Waals surface area contributed by atoms with E-state index in [0.717, 1.165) is 51.1 Å². The third-order valence-electron chi connectivity index (χ3n) is 6.73. The Balaban J connectivity index is 1.41. The molecule has 0 radical (unpaired) electrons. The Kier molecular flexibility index (Phi) is 4.91. The lowest BCUT2D eigenvalue weighted by Crippen LogP contribution is -2.38. The minimum absolute atomic E-state index is 0.0667. The first-order valence-corrected chi connectivity index (χ1v) is 10.4. The van der Waals surface area contributed by atoms with Crippen molar-refractivity contribution in [1.29, 1.82) is 0 Å². The fraction of sp³-hybridized carbons (Fsp3) is 0.727. The lowest BCUT2D eigenvalue weighted by Gasteiger charge is -2.38. The van der Waals surface area contributed by atoms with Crippen LogP contribution in [0.3, 0.4) is 0 Å². The van der Waals surface area contributed by atoms with Gasteiger partial charge in [-0.25, -0.2) is 0 Å². The van der Waals surface area contributed by atoms with Gasteiger partial charge in [-0.15, -0.1) is 0 Å². The molecule has 0 saturated heterocycles. The molecule has 2 bridgehead atoms. The van der Waals surface area contributed by atoms with E-state index >= 15 is 0 Å². The van der Waals surface area contributed by atoms with Crippen LogP contribution in [0.4, 0.5) is 0 Å². The zero-order chi connectivity index (χ0) is 18.3. The lowest BCUT2D eigenvalue weighted by molar-refractivity contribution is 0.0524. The number of phenols is 1. The number of hydrogen-bond acceptors (Lipinski definition) is 4. The zero-order valence-corrected chi connectivity index (χ0v) is 16.6. The van der Waals surface area contributed by atoms with E-state index in [4.69, 9.17) is 4.74 Å². The highest BCUT2D eigenvalue weighted by atomic mass is 16.5. The molecule has 1 saturated carbocycles. The first-order valence-electron chi connectivity index (χ1n) is 10.4. The molecule has 0 spiro atoms. The van der Waals surface area contributed by atoms with Crippen molar-refractivity contribution in [2.45, 2.75) is 69.3 Å². The second-order valence-electron chi connectivity index (χ2n) is 9.13. The summed E-state index contributed by atoms with van der Waals surface area (Å²) in [5.41, 5.74) is 3.75. The van der Waals surface area contributed by atoms with Gasteiger partial charge < -0.3 is 20.1 Å². The molecule has 3 atom stereocenters. The van der Waals surface area contributed by atoms with Gasteiger partial charge >= 0.3 is 0 Å². The van der Waals surface area contributed by atoms with E-state index in [9.17, 15) is 5.11 Å². The molecule has 4 nitrogen and oxygen atoms in total. The normalized spacial score (nSPS) is 28.9. The van der Waals surface area contributed by atoms with Crippen molar-refractivity contribution in [2.24, 2.45) is 0 Å². The van der Waals surface area contributed by atoms with Crippen LogP contribution in [0.1, 0.15) is 74.0 Å². The predicted octanol–water partition coefficient (Wildman–Crippen LogP) is 3.77. The van der Waals surface area contributed by atoms with Crippen molar-refractivity contribution >= 4 is 0 Å². The summed E-state index contributed by atoms with van der Waals surface area (Å²) in [6, 6.07) is 2.00. The molecule has 144 valence electrons. The highest BCUT2D eigenvalue weighted by Gasteiger charge is 2.44. The summed E-state index contributed by atoms with van der Waals surface area (Å²) >= 11 is 0. The van der Waals surface area contributed by atoms with Crippen molar-refractivity contribution < 1.29 is 9.84 Å². The summed E-state index contributed by atoms with van der Waals surface area (Å²) in [5, 5.41) is 14.1. The smallest absolute Gasteiger partial charge is 0.127 e. The Morgan fingerprint density at radius 3 is 2.77 bits per heavy atom. The van der Waals surface area contributed by atoms with Gasteiger partial charge in [-0.2, -0.15) is 0 Å². The van der Waals surface area contributed by atoms with Crippen LogP contribution in [0, 0.1) is 0 Å². The number of likely N-dealkylation sites (N-methyl/N-ethyl adjacent to an activating group) is 1. The predicted molar refractivity (Wildman–Crippen MR) is 105 cm³/mol. The molecule has 2 aliphatic carbocycles. The average molecular weight is 359 g/mol. The summed E-state index contributed by atoms with van der Waals surface area (Å²) in [4.78, 5) is 2.21. The molecule has 1 heterocycles. The molecule has 1 aromatic rings. The molecule has 4 heteroatoms. The third-order valence-corrected chi connectivity index (χ3v) is 6.73. The number of rotatable bonds is 7. The lowest BCUT2D eigenvalue weighted by atomic mass is 9.83. The van der Waals surface area contributed by atoms with Crippen LogP contribution in [-0.2, 0) is 6.42 Å². The minimum atomic E-state index is -0.0667. The molecule has 3 aliphatic rings. The molecular formula is C22H34N2O2. The maximum atomic E-state index is 10.5. The molecule has 2 N–H and O–H groups in total. The second-order valence-corrected chi connectivity index (χ2v) is 9.13. The monoisotopic (exact) mass is 358 g/mol. The van der Waals surface area contributed by atoms with Crippen LogP contribution < -0.4 is 10.1 Å². The highest BCUT2D eigenvalue weighted by Crippen LogP contribution is 2.60. The number of phenolic OH excluding ortho intramolecular Hbond substituents is 1. The van der Waals surface area contributed by atoms with Crippen LogP contribution in [0.2, 0.25) is 0 Å². The summed E-state index contributed by atoms with van der Waals surface area (Å²) in [6.45, 7) is 5.46. The van der Waals surface area contributed by atoms with E-state index in [-0.39, 0.29) is 5.60 Å². The molecular weight excluding hydrogens is 324 g/mol. The zero-order valence-electron chi connectivity index (χ0n) is 16.6. The number of nitrogens with one attached hydrogen (secondary N) is 1. The van der Waals surface area contributed by atoms with Crippen LogP contribution in [0.25, 0.3) is 0 Å². The Morgan fingerprint density at radius 1 is 1.23 bits per heavy atom. The number of aromatic hydroxyl groups is 1. The van der Waals surface area contributed by atoms with E-state index in [1.165, 1.54) is 36.0 Å². The third kappa shape index (κ3) is 3.34. The first kappa shape index (κ1) is 18.1. The summed E-state index contributed by atoms with van der Waals surface area (Å²) < 4.78 is 6.67. The van der Waals surface area contributed by atoms with Crippen LogP contribution in [0.5, 0.6) is 11.5 Å². The Bertz CT molecular complexity index is 673. The number of fused-ring (bicyclic) bond motifs is 7. The van der Waals surface area contributed by atoms with Crippen molar-refractivity contribution in [3.05, 3.63) is 22.8 Å². The molecule has 3 unspecified atom stereocenters. The van der Waals surface area contributed by atoms with Crippen molar-refractivity contribution in [3.8, 4) is 11.5 Å². The summed E-state index contributed by atoms with van der Waals surface area (Å²) in [5.74, 6) is 2.85.